The van der Waals surface area contributed by atoms with E-state index in [-0.39, 0.29) is 35.7 Å². The number of benzene rings is 2. The van der Waals surface area contributed by atoms with Gasteiger partial charge < -0.3 is 9.47 Å². The molecule has 0 amide bonds. The molecule has 0 bridgehead atoms. The van der Waals surface area contributed by atoms with Crippen LogP contribution in [0.25, 0.3) is 0 Å². The Morgan fingerprint density at radius 2 is 1.14 bits per heavy atom. The van der Waals surface area contributed by atoms with Crippen LogP contribution in [0.5, 0.6) is 11.5 Å². The number of nitrogens with zero attached hydrogens (tertiary/aromatic N) is 2. The van der Waals surface area contributed by atoms with E-state index in [1.165, 1.54) is 48.5 Å². The summed E-state index contributed by atoms with van der Waals surface area (Å²) in [6.45, 7) is 0. The van der Waals surface area contributed by atoms with Crippen LogP contribution in [0.3, 0.4) is 0 Å². The Balaban J connectivity index is 1.66. The molecular weight excluding hydrogens is 384 g/mol. The first-order chi connectivity index (χ1) is 13.8. The summed E-state index contributed by atoms with van der Waals surface area (Å²) in [5, 5.41) is 21.4. The Kier molecular flexibility index (Phi) is 7.78. The van der Waals surface area contributed by atoms with Crippen LogP contribution in [0, 0.1) is 20.2 Å². The van der Waals surface area contributed by atoms with Crippen molar-refractivity contribution in [2.75, 3.05) is 0 Å². The maximum Gasteiger partial charge on any atom is 0.311 e. The highest BCUT2D eigenvalue weighted by Crippen LogP contribution is 2.21. The molecule has 0 N–H and O–H groups in total. The average molecular weight is 402 g/mol. The van der Waals surface area contributed by atoms with E-state index in [0.29, 0.717) is 19.3 Å². The fourth-order valence-electron chi connectivity index (χ4n) is 2.40. The number of ether oxygens (including phenoxy) is 2. The van der Waals surface area contributed by atoms with Gasteiger partial charge in [0.25, 0.3) is 11.4 Å². The Labute approximate surface area is 165 Å². The SMILES string of the molecule is O=C(CCCCCC(=O)Oc1cccc([N+](=O)[O-])c1)Oc1cccc([N+](=O)[O-])c1. The van der Waals surface area contributed by atoms with Gasteiger partial charge in [-0.25, -0.2) is 0 Å². The zero-order chi connectivity index (χ0) is 21.2. The van der Waals surface area contributed by atoms with Crippen LogP contribution >= 0.6 is 0 Å². The van der Waals surface area contributed by atoms with Gasteiger partial charge in [-0.3, -0.25) is 29.8 Å². The topological polar surface area (TPSA) is 139 Å². The van der Waals surface area contributed by atoms with Crippen LogP contribution < -0.4 is 9.47 Å². The molecule has 10 heteroatoms. The smallest absolute Gasteiger partial charge is 0.311 e. The number of hydrogen-bond donors (Lipinski definition) is 0. The second-order valence-electron chi connectivity index (χ2n) is 6.02. The summed E-state index contributed by atoms with van der Waals surface area (Å²) in [5.41, 5.74) is -0.338. The Morgan fingerprint density at radius 3 is 1.52 bits per heavy atom. The molecule has 0 aliphatic carbocycles. The summed E-state index contributed by atoms with van der Waals surface area (Å²) < 4.78 is 10.1. The zero-order valence-electron chi connectivity index (χ0n) is 15.3. The highest BCUT2D eigenvalue weighted by Gasteiger charge is 2.12. The molecule has 0 fully saturated rings. The standard InChI is InChI=1S/C19H18N2O8/c22-18(28-16-8-4-6-14(12-16)20(24)25)10-2-1-3-11-19(23)29-17-9-5-7-15(13-17)21(26)27/h4-9,12-13H,1-3,10-11H2. The Hall–Kier alpha value is -3.82. The molecule has 0 heterocycles. The van der Waals surface area contributed by atoms with Crippen LogP contribution in [-0.2, 0) is 9.59 Å². The number of rotatable bonds is 10. The maximum atomic E-state index is 11.8. The van der Waals surface area contributed by atoms with E-state index in [4.69, 9.17) is 9.47 Å². The molecule has 2 aromatic carbocycles. The minimum Gasteiger partial charge on any atom is -0.426 e. The summed E-state index contributed by atoms with van der Waals surface area (Å²) in [7, 11) is 0. The van der Waals surface area contributed by atoms with Crippen LogP contribution in [0.4, 0.5) is 11.4 Å². The van der Waals surface area contributed by atoms with Gasteiger partial charge in [-0.15, -0.1) is 0 Å². The summed E-state index contributed by atoms with van der Waals surface area (Å²) in [6.07, 6.45) is 1.70. The van der Waals surface area contributed by atoms with Gasteiger partial charge in [-0.05, 0) is 25.0 Å². The lowest BCUT2D eigenvalue weighted by Crippen LogP contribution is -2.09. The predicted octanol–water partition coefficient (Wildman–Crippen LogP) is 3.96. The Morgan fingerprint density at radius 1 is 0.724 bits per heavy atom. The van der Waals surface area contributed by atoms with Gasteiger partial charge in [-0.1, -0.05) is 18.6 Å². The number of non-ortho nitro benzene ring substituents is 2. The molecule has 0 aliphatic heterocycles. The van der Waals surface area contributed by atoms with Gasteiger partial charge in [0.2, 0.25) is 0 Å². The molecule has 0 aliphatic rings. The molecular formula is C19H18N2O8. The van der Waals surface area contributed by atoms with Crippen molar-refractivity contribution in [3.8, 4) is 11.5 Å². The molecule has 0 saturated carbocycles. The molecule has 152 valence electrons. The third-order valence-corrected chi connectivity index (χ3v) is 3.78. The number of esters is 2. The van der Waals surface area contributed by atoms with E-state index >= 15 is 0 Å². The van der Waals surface area contributed by atoms with Crippen molar-refractivity contribution in [2.45, 2.75) is 32.1 Å². The summed E-state index contributed by atoms with van der Waals surface area (Å²) in [6, 6.07) is 10.7. The van der Waals surface area contributed by atoms with Crippen LogP contribution in [0.1, 0.15) is 32.1 Å². The third kappa shape index (κ3) is 7.37. The zero-order valence-corrected chi connectivity index (χ0v) is 15.3. The molecule has 0 unspecified atom stereocenters. The second kappa shape index (κ2) is 10.5. The van der Waals surface area contributed by atoms with Crippen molar-refractivity contribution < 1.29 is 28.9 Å². The van der Waals surface area contributed by atoms with Gasteiger partial charge >= 0.3 is 11.9 Å². The summed E-state index contributed by atoms with van der Waals surface area (Å²) >= 11 is 0. The van der Waals surface area contributed by atoms with Gasteiger partial charge in [0, 0.05) is 25.0 Å². The summed E-state index contributed by atoms with van der Waals surface area (Å²) in [4.78, 5) is 43.8. The molecule has 2 aromatic rings. The largest absolute Gasteiger partial charge is 0.426 e. The number of hydrogen-bond acceptors (Lipinski definition) is 8. The van der Waals surface area contributed by atoms with E-state index in [9.17, 15) is 29.8 Å². The highest BCUT2D eigenvalue weighted by molar-refractivity contribution is 5.73. The van der Waals surface area contributed by atoms with E-state index in [0.717, 1.165) is 0 Å². The number of nitro groups is 2. The summed E-state index contributed by atoms with van der Waals surface area (Å²) in [5.74, 6) is -0.844. The van der Waals surface area contributed by atoms with Gasteiger partial charge in [0.05, 0.1) is 22.0 Å². The molecule has 0 atom stereocenters. The minimum absolute atomic E-state index is 0.0998. The molecule has 0 aromatic heterocycles. The van der Waals surface area contributed by atoms with Gasteiger partial charge in [0.15, 0.2) is 0 Å². The maximum absolute atomic E-state index is 11.8. The van der Waals surface area contributed by atoms with Crippen molar-refractivity contribution in [2.24, 2.45) is 0 Å². The lowest BCUT2D eigenvalue weighted by molar-refractivity contribution is -0.385. The van der Waals surface area contributed by atoms with E-state index in [1.807, 2.05) is 0 Å². The highest BCUT2D eigenvalue weighted by atomic mass is 16.6. The first-order valence-corrected chi connectivity index (χ1v) is 8.75. The molecule has 2 rings (SSSR count). The van der Waals surface area contributed by atoms with E-state index in [1.54, 1.807) is 0 Å². The van der Waals surface area contributed by atoms with Crippen LogP contribution in [0.2, 0.25) is 0 Å². The lowest BCUT2D eigenvalue weighted by atomic mass is 10.1. The predicted molar refractivity (Wildman–Crippen MR) is 101 cm³/mol. The van der Waals surface area contributed by atoms with Gasteiger partial charge in [0.1, 0.15) is 11.5 Å². The number of carbonyl (C=O) groups excluding carboxylic acids is 2. The minimum atomic E-state index is -0.579. The Bertz CT molecular complexity index is 839. The van der Waals surface area contributed by atoms with Gasteiger partial charge in [-0.2, -0.15) is 0 Å². The first-order valence-electron chi connectivity index (χ1n) is 8.75. The molecule has 0 spiro atoms. The van der Waals surface area contributed by atoms with Crippen molar-refractivity contribution >= 4 is 23.3 Å². The van der Waals surface area contributed by atoms with Crippen LogP contribution in [0.15, 0.2) is 48.5 Å². The monoisotopic (exact) mass is 402 g/mol. The quantitative estimate of drug-likeness (QED) is 0.191. The molecule has 0 radical (unpaired) electrons. The van der Waals surface area contributed by atoms with Crippen molar-refractivity contribution in [3.05, 3.63) is 68.8 Å². The lowest BCUT2D eigenvalue weighted by Gasteiger charge is -2.05. The van der Waals surface area contributed by atoms with Crippen molar-refractivity contribution in [1.82, 2.24) is 0 Å². The first kappa shape index (κ1) is 21.5. The van der Waals surface area contributed by atoms with E-state index in [2.05, 4.69) is 0 Å². The molecule has 0 saturated heterocycles. The molecule has 29 heavy (non-hydrogen) atoms. The number of nitro benzene ring substituents is 2. The van der Waals surface area contributed by atoms with Crippen molar-refractivity contribution in [3.63, 3.8) is 0 Å². The number of unbranched alkanes of at least 4 members (excludes halogenated alkanes) is 2. The van der Waals surface area contributed by atoms with Crippen molar-refractivity contribution in [1.29, 1.82) is 0 Å². The fraction of sp³-hybridized carbons (Fsp3) is 0.263. The second-order valence-corrected chi connectivity index (χ2v) is 6.02. The fourth-order valence-corrected chi connectivity index (χ4v) is 2.40. The normalized spacial score (nSPS) is 10.2. The number of carbonyl (C=O) groups is 2. The molecule has 10 nitrogen and oxygen atoms in total. The van der Waals surface area contributed by atoms with E-state index < -0.39 is 21.8 Å². The van der Waals surface area contributed by atoms with Crippen LogP contribution in [-0.4, -0.2) is 21.8 Å². The third-order valence-electron chi connectivity index (χ3n) is 3.78. The average Bonchev–Trinajstić information content (AvgIpc) is 2.68.